The van der Waals surface area contributed by atoms with Crippen molar-refractivity contribution in [2.24, 2.45) is 0 Å². The summed E-state index contributed by atoms with van der Waals surface area (Å²) in [5.41, 5.74) is 0.615. The van der Waals surface area contributed by atoms with Crippen LogP contribution in [0.4, 0.5) is 5.82 Å². The van der Waals surface area contributed by atoms with Gasteiger partial charge in [-0.15, -0.1) is 0 Å². The number of aromatic nitrogens is 2. The number of anilines is 1. The van der Waals surface area contributed by atoms with E-state index in [1.54, 1.807) is 13.0 Å². The van der Waals surface area contributed by atoms with Crippen molar-refractivity contribution in [2.75, 3.05) is 11.8 Å². The summed E-state index contributed by atoms with van der Waals surface area (Å²) in [4.78, 5) is 11.5. The maximum Gasteiger partial charge on any atom is 0.339 e. The Bertz CT molecular complexity index is 737. The van der Waals surface area contributed by atoms with Crippen LogP contribution in [0.2, 0.25) is 0 Å². The van der Waals surface area contributed by atoms with Gasteiger partial charge in [-0.2, -0.15) is 5.10 Å². The molecular formula is C12H13N3O4S. The molecule has 0 aliphatic rings. The van der Waals surface area contributed by atoms with Crippen LogP contribution in [0, 0.1) is 6.92 Å². The number of carbonyl (C=O) groups excluding carboxylic acids is 1. The third-order valence-corrected chi connectivity index (χ3v) is 4.06. The normalized spacial score (nSPS) is 11.1. The number of rotatable bonds is 4. The summed E-state index contributed by atoms with van der Waals surface area (Å²) in [6.07, 6.45) is 1.49. The molecule has 2 N–H and O–H groups in total. The topological polar surface area (TPSA) is 101 Å². The van der Waals surface area contributed by atoms with Gasteiger partial charge in [0.25, 0.3) is 10.0 Å². The Hall–Kier alpha value is -2.35. The van der Waals surface area contributed by atoms with Gasteiger partial charge in [0.1, 0.15) is 10.7 Å². The number of methoxy groups -OCH3 is 1. The van der Waals surface area contributed by atoms with Gasteiger partial charge >= 0.3 is 5.97 Å². The van der Waals surface area contributed by atoms with Gasteiger partial charge in [0.05, 0.1) is 18.9 Å². The van der Waals surface area contributed by atoms with E-state index >= 15 is 0 Å². The summed E-state index contributed by atoms with van der Waals surface area (Å²) >= 11 is 0. The number of H-pyrrole nitrogens is 1. The van der Waals surface area contributed by atoms with Crippen molar-refractivity contribution < 1.29 is 17.9 Å². The summed E-state index contributed by atoms with van der Waals surface area (Å²) < 4.78 is 31.6. The second-order valence-electron chi connectivity index (χ2n) is 4.02. The van der Waals surface area contributed by atoms with Crippen molar-refractivity contribution in [3.8, 4) is 0 Å². The van der Waals surface area contributed by atoms with E-state index in [-0.39, 0.29) is 16.3 Å². The second kappa shape index (κ2) is 5.33. The lowest BCUT2D eigenvalue weighted by molar-refractivity contribution is 0.0596. The lowest BCUT2D eigenvalue weighted by Crippen LogP contribution is -2.18. The summed E-state index contributed by atoms with van der Waals surface area (Å²) in [6.45, 7) is 1.70. The highest BCUT2D eigenvalue weighted by atomic mass is 32.2. The molecule has 0 radical (unpaired) electrons. The van der Waals surface area contributed by atoms with Crippen LogP contribution in [0.15, 0.2) is 35.4 Å². The number of aromatic amines is 1. The molecular weight excluding hydrogens is 282 g/mol. The van der Waals surface area contributed by atoms with Crippen molar-refractivity contribution in [1.29, 1.82) is 0 Å². The molecule has 0 aliphatic heterocycles. The minimum Gasteiger partial charge on any atom is -0.465 e. The van der Waals surface area contributed by atoms with Gasteiger partial charge in [-0.25, -0.2) is 13.2 Å². The summed E-state index contributed by atoms with van der Waals surface area (Å²) in [5, 5.41) is 6.27. The maximum absolute atomic E-state index is 12.3. The molecule has 0 atom stereocenters. The van der Waals surface area contributed by atoms with Crippen LogP contribution in [-0.4, -0.2) is 31.7 Å². The predicted octanol–water partition coefficient (Wildman–Crippen LogP) is 1.31. The third kappa shape index (κ3) is 2.64. The molecule has 2 aromatic rings. The second-order valence-corrected chi connectivity index (χ2v) is 5.67. The average Bonchev–Trinajstić information content (AvgIpc) is 2.83. The quantitative estimate of drug-likeness (QED) is 0.828. The summed E-state index contributed by atoms with van der Waals surface area (Å²) in [6, 6.07) is 5.81. The van der Waals surface area contributed by atoms with Crippen LogP contribution < -0.4 is 4.72 Å². The van der Waals surface area contributed by atoms with E-state index in [1.807, 2.05) is 0 Å². The number of nitrogens with zero attached hydrogens (tertiary/aromatic N) is 1. The molecule has 7 nitrogen and oxygen atoms in total. The summed E-state index contributed by atoms with van der Waals surface area (Å²) in [5.74, 6) is -0.461. The zero-order chi connectivity index (χ0) is 14.8. The molecule has 0 fully saturated rings. The van der Waals surface area contributed by atoms with Crippen LogP contribution >= 0.6 is 0 Å². The summed E-state index contributed by atoms with van der Waals surface area (Å²) in [7, 11) is -2.72. The van der Waals surface area contributed by atoms with Crippen LogP contribution in [0.1, 0.15) is 15.9 Å². The van der Waals surface area contributed by atoms with Gasteiger partial charge in [0.15, 0.2) is 0 Å². The standard InChI is InChI=1S/C12H13N3O4S/c1-8-7-13-14-11(8)15-20(17,18)10-6-4-3-5-9(10)12(16)19-2/h3-7H,1-2H3,(H2,13,14,15). The fourth-order valence-electron chi connectivity index (χ4n) is 1.62. The molecule has 0 spiro atoms. The highest BCUT2D eigenvalue weighted by Gasteiger charge is 2.23. The molecule has 8 heteroatoms. The van der Waals surface area contributed by atoms with E-state index in [4.69, 9.17) is 0 Å². The Balaban J connectivity index is 2.45. The van der Waals surface area contributed by atoms with Crippen molar-refractivity contribution in [2.45, 2.75) is 11.8 Å². The minimum absolute atomic E-state index is 0.0281. The average molecular weight is 295 g/mol. The number of esters is 1. The molecule has 0 saturated heterocycles. The predicted molar refractivity (Wildman–Crippen MR) is 71.9 cm³/mol. The fraction of sp³-hybridized carbons (Fsp3) is 0.167. The largest absolute Gasteiger partial charge is 0.465 e. The Labute approximate surface area is 116 Å². The molecule has 20 heavy (non-hydrogen) atoms. The molecule has 106 valence electrons. The molecule has 1 heterocycles. The van der Waals surface area contributed by atoms with Gasteiger partial charge in [-0.05, 0) is 19.1 Å². The van der Waals surface area contributed by atoms with Crippen LogP contribution in [0.3, 0.4) is 0 Å². The molecule has 0 unspecified atom stereocenters. The lowest BCUT2D eigenvalue weighted by atomic mass is 10.2. The number of sulfonamides is 1. The fourth-order valence-corrected chi connectivity index (χ4v) is 2.90. The molecule has 2 rings (SSSR count). The SMILES string of the molecule is COC(=O)c1ccccc1S(=O)(=O)Nc1[nH]ncc1C. The first-order chi connectivity index (χ1) is 9.45. The van der Waals surface area contributed by atoms with Crippen LogP contribution in [-0.2, 0) is 14.8 Å². The van der Waals surface area contributed by atoms with E-state index in [9.17, 15) is 13.2 Å². The molecule has 0 saturated carbocycles. The van der Waals surface area contributed by atoms with E-state index in [0.717, 1.165) is 0 Å². The van der Waals surface area contributed by atoms with Gasteiger partial charge in [-0.1, -0.05) is 12.1 Å². The van der Waals surface area contributed by atoms with Crippen molar-refractivity contribution in [3.63, 3.8) is 0 Å². The van der Waals surface area contributed by atoms with E-state index in [0.29, 0.717) is 5.56 Å². The zero-order valence-corrected chi connectivity index (χ0v) is 11.7. The molecule has 0 amide bonds. The zero-order valence-electron chi connectivity index (χ0n) is 10.9. The number of nitrogens with one attached hydrogen (secondary N) is 2. The highest BCUT2D eigenvalue weighted by Crippen LogP contribution is 2.20. The Kier molecular flexibility index (Phi) is 3.75. The Morgan fingerprint density at radius 1 is 1.35 bits per heavy atom. The van der Waals surface area contributed by atoms with Gasteiger partial charge < -0.3 is 4.74 Å². The third-order valence-electron chi connectivity index (χ3n) is 2.65. The molecule has 1 aromatic heterocycles. The highest BCUT2D eigenvalue weighted by molar-refractivity contribution is 7.92. The number of hydrogen-bond acceptors (Lipinski definition) is 5. The number of hydrogen-bond donors (Lipinski definition) is 2. The van der Waals surface area contributed by atoms with Crippen LogP contribution in [0.5, 0.6) is 0 Å². The van der Waals surface area contributed by atoms with Crippen LogP contribution in [0.25, 0.3) is 0 Å². The minimum atomic E-state index is -3.91. The lowest BCUT2D eigenvalue weighted by Gasteiger charge is -2.10. The van der Waals surface area contributed by atoms with Crippen molar-refractivity contribution in [3.05, 3.63) is 41.6 Å². The van der Waals surface area contributed by atoms with Gasteiger partial charge in [0.2, 0.25) is 0 Å². The van der Waals surface area contributed by atoms with Crippen molar-refractivity contribution in [1.82, 2.24) is 10.2 Å². The first-order valence-electron chi connectivity index (χ1n) is 5.66. The number of benzene rings is 1. The van der Waals surface area contributed by atoms with E-state index in [2.05, 4.69) is 19.7 Å². The molecule has 1 aromatic carbocycles. The Morgan fingerprint density at radius 3 is 2.65 bits per heavy atom. The molecule has 0 aliphatic carbocycles. The van der Waals surface area contributed by atoms with Gasteiger partial charge in [-0.3, -0.25) is 9.82 Å². The van der Waals surface area contributed by atoms with Gasteiger partial charge in [0, 0.05) is 5.56 Å². The number of aryl methyl sites for hydroxylation is 1. The first-order valence-corrected chi connectivity index (χ1v) is 7.14. The number of ether oxygens (including phenoxy) is 1. The maximum atomic E-state index is 12.3. The molecule has 0 bridgehead atoms. The smallest absolute Gasteiger partial charge is 0.339 e. The first kappa shape index (κ1) is 14.1. The number of carbonyl (C=O) groups is 1. The van der Waals surface area contributed by atoms with E-state index in [1.165, 1.54) is 31.5 Å². The van der Waals surface area contributed by atoms with E-state index < -0.39 is 16.0 Å². The van der Waals surface area contributed by atoms with Crippen molar-refractivity contribution >= 4 is 21.8 Å². The monoisotopic (exact) mass is 295 g/mol. The Morgan fingerprint density at radius 2 is 2.05 bits per heavy atom.